The zero-order valence-electron chi connectivity index (χ0n) is 15.4. The summed E-state index contributed by atoms with van der Waals surface area (Å²) in [6.07, 6.45) is 4.37. The predicted molar refractivity (Wildman–Crippen MR) is 95.4 cm³/mol. The highest BCUT2D eigenvalue weighted by Gasteiger charge is 2.25. The third-order valence-electron chi connectivity index (χ3n) is 3.60. The Labute approximate surface area is 144 Å². The molecule has 0 atom stereocenters. The molecule has 0 aromatic heterocycles. The molecule has 130 valence electrons. The van der Waals surface area contributed by atoms with Crippen molar-refractivity contribution in [3.8, 4) is 11.5 Å². The van der Waals surface area contributed by atoms with E-state index in [2.05, 4.69) is 6.58 Å². The monoisotopic (exact) mass is 330 g/mol. The highest BCUT2D eigenvalue weighted by Crippen LogP contribution is 2.38. The first kappa shape index (κ1) is 19.7. The lowest BCUT2D eigenvalue weighted by molar-refractivity contribution is -0.133. The van der Waals surface area contributed by atoms with Gasteiger partial charge in [0.2, 0.25) is 0 Å². The maximum Gasteiger partial charge on any atom is 0.308 e. The van der Waals surface area contributed by atoms with Crippen LogP contribution in [0.15, 0.2) is 36.4 Å². The van der Waals surface area contributed by atoms with Crippen molar-refractivity contribution in [3.63, 3.8) is 0 Å². The van der Waals surface area contributed by atoms with E-state index in [9.17, 15) is 9.59 Å². The lowest BCUT2D eigenvalue weighted by Crippen LogP contribution is -2.17. The minimum atomic E-state index is -0.450. The van der Waals surface area contributed by atoms with E-state index in [1.807, 2.05) is 33.8 Å². The van der Waals surface area contributed by atoms with Crippen molar-refractivity contribution in [2.24, 2.45) is 0 Å². The zero-order chi connectivity index (χ0) is 18.5. The molecule has 0 aliphatic rings. The van der Waals surface area contributed by atoms with Crippen molar-refractivity contribution in [2.75, 3.05) is 0 Å². The summed E-state index contributed by atoms with van der Waals surface area (Å²) >= 11 is 0. The molecule has 1 rings (SSSR count). The normalized spacial score (nSPS) is 10.8. The van der Waals surface area contributed by atoms with Gasteiger partial charge in [-0.3, -0.25) is 9.59 Å². The Kier molecular flexibility index (Phi) is 6.52. The Bertz CT molecular complexity index is 677. The van der Waals surface area contributed by atoms with Gasteiger partial charge in [-0.05, 0) is 32.4 Å². The lowest BCUT2D eigenvalue weighted by atomic mass is 9.83. The van der Waals surface area contributed by atoms with Crippen LogP contribution < -0.4 is 9.47 Å². The van der Waals surface area contributed by atoms with Gasteiger partial charge < -0.3 is 9.47 Å². The number of rotatable bonds is 6. The minimum absolute atomic E-state index is 0.393. The molecular formula is C20H26O4. The SMILES string of the molecule is C=CC(C)(C)c1cc(OC(C)=O)c(CC=C(C)C)cc1OC(C)=O. The second kappa shape index (κ2) is 7.95. The summed E-state index contributed by atoms with van der Waals surface area (Å²) in [6, 6.07) is 3.52. The van der Waals surface area contributed by atoms with E-state index in [4.69, 9.17) is 9.47 Å². The second-order valence-electron chi connectivity index (χ2n) is 6.55. The van der Waals surface area contributed by atoms with Gasteiger partial charge in [0.15, 0.2) is 0 Å². The Hall–Kier alpha value is -2.36. The molecule has 1 aromatic rings. The third-order valence-corrected chi connectivity index (χ3v) is 3.60. The summed E-state index contributed by atoms with van der Waals surface area (Å²) in [4.78, 5) is 22.9. The number of esters is 2. The van der Waals surface area contributed by atoms with Crippen molar-refractivity contribution in [1.82, 2.24) is 0 Å². The van der Waals surface area contributed by atoms with Gasteiger partial charge in [-0.2, -0.15) is 0 Å². The predicted octanol–water partition coefficient (Wildman–Crippen LogP) is 4.51. The molecule has 24 heavy (non-hydrogen) atoms. The molecule has 0 unspecified atom stereocenters. The number of allylic oxidation sites excluding steroid dienone is 3. The average molecular weight is 330 g/mol. The highest BCUT2D eigenvalue weighted by atomic mass is 16.5. The van der Waals surface area contributed by atoms with Crippen LogP contribution in [0.3, 0.4) is 0 Å². The van der Waals surface area contributed by atoms with Gasteiger partial charge >= 0.3 is 11.9 Å². The van der Waals surface area contributed by atoms with E-state index in [-0.39, 0.29) is 0 Å². The molecule has 0 amide bonds. The molecule has 1 aromatic carbocycles. The fraction of sp³-hybridized carbons (Fsp3) is 0.400. The van der Waals surface area contributed by atoms with E-state index in [1.54, 1.807) is 18.2 Å². The van der Waals surface area contributed by atoms with Crippen LogP contribution in [-0.4, -0.2) is 11.9 Å². The lowest BCUT2D eigenvalue weighted by Gasteiger charge is -2.25. The summed E-state index contributed by atoms with van der Waals surface area (Å²) in [6.45, 7) is 14.5. The molecule has 0 heterocycles. The van der Waals surface area contributed by atoms with Gasteiger partial charge in [0.1, 0.15) is 11.5 Å². The summed E-state index contributed by atoms with van der Waals surface area (Å²) in [5, 5.41) is 0. The molecule has 0 fully saturated rings. The maximum absolute atomic E-state index is 11.5. The summed E-state index contributed by atoms with van der Waals surface area (Å²) in [5.41, 5.74) is 2.22. The van der Waals surface area contributed by atoms with Crippen LogP contribution in [-0.2, 0) is 21.4 Å². The second-order valence-corrected chi connectivity index (χ2v) is 6.55. The molecular weight excluding hydrogens is 304 g/mol. The van der Waals surface area contributed by atoms with E-state index < -0.39 is 17.4 Å². The first-order valence-corrected chi connectivity index (χ1v) is 7.88. The molecule has 0 spiro atoms. The van der Waals surface area contributed by atoms with Crippen molar-refractivity contribution < 1.29 is 19.1 Å². The van der Waals surface area contributed by atoms with Crippen LogP contribution in [0.2, 0.25) is 0 Å². The molecule has 0 bridgehead atoms. The molecule has 0 aliphatic heterocycles. The zero-order valence-corrected chi connectivity index (χ0v) is 15.4. The van der Waals surface area contributed by atoms with Crippen molar-refractivity contribution in [3.05, 3.63) is 47.6 Å². The topological polar surface area (TPSA) is 52.6 Å². The van der Waals surface area contributed by atoms with Gasteiger partial charge in [0.25, 0.3) is 0 Å². The fourth-order valence-electron chi connectivity index (χ4n) is 2.18. The molecule has 0 aliphatic carbocycles. The number of ether oxygens (including phenoxy) is 2. The molecule has 0 N–H and O–H groups in total. The van der Waals surface area contributed by atoms with Crippen LogP contribution in [0.1, 0.15) is 52.7 Å². The number of benzene rings is 1. The molecule has 0 saturated heterocycles. The summed E-state index contributed by atoms with van der Waals surface area (Å²) < 4.78 is 10.8. The summed E-state index contributed by atoms with van der Waals surface area (Å²) in [7, 11) is 0. The first-order chi connectivity index (χ1) is 11.1. The Balaban J connectivity index is 3.57. The summed E-state index contributed by atoms with van der Waals surface area (Å²) in [5.74, 6) is 0.141. The molecule has 0 saturated carbocycles. The number of hydrogen-bond donors (Lipinski definition) is 0. The van der Waals surface area contributed by atoms with E-state index in [1.165, 1.54) is 13.8 Å². The van der Waals surface area contributed by atoms with Crippen molar-refractivity contribution in [1.29, 1.82) is 0 Å². The van der Waals surface area contributed by atoms with Gasteiger partial charge in [0, 0.05) is 30.4 Å². The Morgan fingerprint density at radius 3 is 2.04 bits per heavy atom. The Morgan fingerprint density at radius 1 is 1.04 bits per heavy atom. The van der Waals surface area contributed by atoms with Gasteiger partial charge in [-0.1, -0.05) is 31.6 Å². The number of carbonyl (C=O) groups is 2. The largest absolute Gasteiger partial charge is 0.426 e. The quantitative estimate of drug-likeness (QED) is 0.437. The first-order valence-electron chi connectivity index (χ1n) is 7.88. The average Bonchev–Trinajstić information content (AvgIpc) is 2.45. The number of carbonyl (C=O) groups excluding carboxylic acids is 2. The molecule has 4 heteroatoms. The molecule has 0 radical (unpaired) electrons. The van der Waals surface area contributed by atoms with Crippen LogP contribution in [0.5, 0.6) is 11.5 Å². The highest BCUT2D eigenvalue weighted by molar-refractivity contribution is 5.72. The van der Waals surface area contributed by atoms with Crippen molar-refractivity contribution >= 4 is 11.9 Å². The van der Waals surface area contributed by atoms with Crippen LogP contribution in [0.25, 0.3) is 0 Å². The van der Waals surface area contributed by atoms with Gasteiger partial charge in [0.05, 0.1) is 0 Å². The van der Waals surface area contributed by atoms with Crippen LogP contribution >= 0.6 is 0 Å². The smallest absolute Gasteiger partial charge is 0.308 e. The van der Waals surface area contributed by atoms with E-state index in [0.717, 1.165) is 16.7 Å². The van der Waals surface area contributed by atoms with Gasteiger partial charge in [-0.25, -0.2) is 0 Å². The van der Waals surface area contributed by atoms with Gasteiger partial charge in [-0.15, -0.1) is 6.58 Å². The van der Waals surface area contributed by atoms with Crippen LogP contribution in [0.4, 0.5) is 0 Å². The third kappa shape index (κ3) is 5.37. The Morgan fingerprint density at radius 2 is 1.58 bits per heavy atom. The van der Waals surface area contributed by atoms with E-state index >= 15 is 0 Å². The number of hydrogen-bond acceptors (Lipinski definition) is 4. The standard InChI is InChI=1S/C20H26O4/c1-8-20(6,7)17-12-18(23-14(4)21)16(10-9-13(2)3)11-19(17)24-15(5)22/h8-9,11-12H,1,10H2,2-7H3. The fourth-order valence-corrected chi connectivity index (χ4v) is 2.18. The minimum Gasteiger partial charge on any atom is -0.426 e. The molecule has 4 nitrogen and oxygen atoms in total. The van der Waals surface area contributed by atoms with Crippen LogP contribution in [0, 0.1) is 0 Å². The van der Waals surface area contributed by atoms with E-state index in [0.29, 0.717) is 17.9 Å². The maximum atomic E-state index is 11.5. The van der Waals surface area contributed by atoms with Crippen molar-refractivity contribution in [2.45, 2.75) is 53.4 Å².